The molecule has 35 heavy (non-hydrogen) atoms. The Bertz CT molecular complexity index is 1180. The topological polar surface area (TPSA) is 123 Å². The van der Waals surface area contributed by atoms with Crippen molar-refractivity contribution in [2.75, 3.05) is 42.4 Å². The van der Waals surface area contributed by atoms with E-state index in [-0.39, 0.29) is 44.1 Å². The lowest BCUT2D eigenvalue weighted by molar-refractivity contribution is -0.116. The third-order valence-electron chi connectivity index (χ3n) is 5.77. The number of ether oxygens (including phenoxy) is 3. The van der Waals surface area contributed by atoms with Crippen LogP contribution in [-0.2, 0) is 19.6 Å². The molecule has 4 rings (SSSR count). The predicted octanol–water partition coefficient (Wildman–Crippen LogP) is 2.51. The number of sulfonamides is 1. The van der Waals surface area contributed by atoms with Crippen LogP contribution < -0.4 is 24.4 Å². The number of carbonyl (C=O) groups excluding carboxylic acids is 2. The standard InChI is InChI=1S/C24H29N3O7S/c1-35(30,31)27(17-10-11-21-22(14-17)34-16-33-21)12-4-9-23(28)26-20-8-3-2-7-19(20)24(29)25-15-18-6-5-13-32-18/h2-3,7-8,10-11,14,18H,4-6,9,12-13,15-16H2,1H3,(H,25,29)(H,26,28)/t18-/m1/s1. The normalized spacial score (nSPS) is 16.7. The molecule has 2 N–H and O–H groups in total. The van der Waals surface area contributed by atoms with Gasteiger partial charge in [0.25, 0.3) is 5.91 Å². The fraction of sp³-hybridized carbons (Fsp3) is 0.417. The number of benzene rings is 2. The summed E-state index contributed by atoms with van der Waals surface area (Å²) in [4.78, 5) is 25.3. The summed E-state index contributed by atoms with van der Waals surface area (Å²) in [5, 5.41) is 5.63. The lowest BCUT2D eigenvalue weighted by Crippen LogP contribution is -2.32. The van der Waals surface area contributed by atoms with Crippen molar-refractivity contribution < 1.29 is 32.2 Å². The van der Waals surface area contributed by atoms with Gasteiger partial charge in [0, 0.05) is 32.2 Å². The molecule has 0 aromatic heterocycles. The van der Waals surface area contributed by atoms with Crippen molar-refractivity contribution in [1.29, 1.82) is 0 Å². The maximum atomic E-state index is 12.6. The average molecular weight is 504 g/mol. The van der Waals surface area contributed by atoms with E-state index in [0.29, 0.717) is 41.6 Å². The van der Waals surface area contributed by atoms with Gasteiger partial charge in [-0.05, 0) is 43.5 Å². The summed E-state index contributed by atoms with van der Waals surface area (Å²) in [7, 11) is -3.58. The van der Waals surface area contributed by atoms with Gasteiger partial charge in [0.05, 0.1) is 29.3 Å². The van der Waals surface area contributed by atoms with Gasteiger partial charge >= 0.3 is 0 Å². The molecule has 0 spiro atoms. The lowest BCUT2D eigenvalue weighted by atomic mass is 10.1. The zero-order chi connectivity index (χ0) is 24.8. The first-order valence-electron chi connectivity index (χ1n) is 11.5. The minimum absolute atomic E-state index is 0.0169. The Morgan fingerprint density at radius 3 is 2.69 bits per heavy atom. The number of hydrogen-bond acceptors (Lipinski definition) is 7. The van der Waals surface area contributed by atoms with Gasteiger partial charge in [-0.1, -0.05) is 12.1 Å². The summed E-state index contributed by atoms with van der Waals surface area (Å²) < 4.78 is 42.1. The third kappa shape index (κ3) is 6.43. The maximum absolute atomic E-state index is 12.6. The minimum atomic E-state index is -3.58. The SMILES string of the molecule is CS(=O)(=O)N(CCCC(=O)Nc1ccccc1C(=O)NC[C@H]1CCCO1)c1ccc2c(c1)OCO2. The number of carbonyl (C=O) groups is 2. The second kappa shape index (κ2) is 11.0. The van der Waals surface area contributed by atoms with E-state index in [1.165, 1.54) is 4.31 Å². The van der Waals surface area contributed by atoms with Gasteiger partial charge < -0.3 is 24.8 Å². The molecule has 11 heteroatoms. The molecule has 0 saturated carbocycles. The smallest absolute Gasteiger partial charge is 0.253 e. The van der Waals surface area contributed by atoms with Crippen LogP contribution in [0.3, 0.4) is 0 Å². The first-order chi connectivity index (χ1) is 16.8. The Morgan fingerprint density at radius 1 is 1.11 bits per heavy atom. The van der Waals surface area contributed by atoms with Crippen LogP contribution in [0, 0.1) is 0 Å². The molecular formula is C24H29N3O7S. The molecule has 1 saturated heterocycles. The zero-order valence-corrected chi connectivity index (χ0v) is 20.3. The van der Waals surface area contributed by atoms with Crippen molar-refractivity contribution in [3.8, 4) is 11.5 Å². The molecule has 2 heterocycles. The van der Waals surface area contributed by atoms with Crippen molar-refractivity contribution in [1.82, 2.24) is 5.32 Å². The second-order valence-electron chi connectivity index (χ2n) is 8.42. The van der Waals surface area contributed by atoms with Crippen LogP contribution in [0.2, 0.25) is 0 Å². The summed E-state index contributed by atoms with van der Waals surface area (Å²) in [6, 6.07) is 11.7. The van der Waals surface area contributed by atoms with E-state index in [4.69, 9.17) is 14.2 Å². The van der Waals surface area contributed by atoms with E-state index in [9.17, 15) is 18.0 Å². The number of fused-ring (bicyclic) bond motifs is 1. The molecule has 0 aliphatic carbocycles. The highest BCUT2D eigenvalue weighted by Crippen LogP contribution is 2.36. The summed E-state index contributed by atoms with van der Waals surface area (Å²) in [5.74, 6) is 0.425. The third-order valence-corrected chi connectivity index (χ3v) is 6.96. The van der Waals surface area contributed by atoms with Gasteiger partial charge in [0.1, 0.15) is 0 Å². The highest BCUT2D eigenvalue weighted by Gasteiger charge is 2.22. The number of hydrogen-bond donors (Lipinski definition) is 2. The van der Waals surface area contributed by atoms with Crippen LogP contribution in [0.4, 0.5) is 11.4 Å². The largest absolute Gasteiger partial charge is 0.454 e. The molecule has 2 amide bonds. The van der Waals surface area contributed by atoms with Crippen LogP contribution in [0.1, 0.15) is 36.0 Å². The van der Waals surface area contributed by atoms with Gasteiger partial charge in [-0.3, -0.25) is 13.9 Å². The molecule has 2 aromatic carbocycles. The van der Waals surface area contributed by atoms with Gasteiger partial charge in [0.2, 0.25) is 22.7 Å². The van der Waals surface area contributed by atoms with Crippen LogP contribution in [-0.4, -0.2) is 59.1 Å². The molecular weight excluding hydrogens is 474 g/mol. The summed E-state index contributed by atoms with van der Waals surface area (Å²) in [6.07, 6.45) is 3.38. The number of nitrogens with zero attached hydrogens (tertiary/aromatic N) is 1. The Morgan fingerprint density at radius 2 is 1.91 bits per heavy atom. The second-order valence-corrected chi connectivity index (χ2v) is 10.3. The molecule has 2 aliphatic heterocycles. The van der Waals surface area contributed by atoms with Crippen molar-refractivity contribution in [3.05, 3.63) is 48.0 Å². The summed E-state index contributed by atoms with van der Waals surface area (Å²) >= 11 is 0. The molecule has 188 valence electrons. The number of rotatable bonds is 10. The molecule has 10 nitrogen and oxygen atoms in total. The monoisotopic (exact) mass is 503 g/mol. The summed E-state index contributed by atoms with van der Waals surface area (Å²) in [6.45, 7) is 1.32. The van der Waals surface area contributed by atoms with Crippen molar-refractivity contribution in [3.63, 3.8) is 0 Å². The van der Waals surface area contributed by atoms with Gasteiger partial charge in [-0.15, -0.1) is 0 Å². The highest BCUT2D eigenvalue weighted by molar-refractivity contribution is 7.92. The fourth-order valence-electron chi connectivity index (χ4n) is 4.02. The minimum Gasteiger partial charge on any atom is -0.454 e. The predicted molar refractivity (Wildman–Crippen MR) is 130 cm³/mol. The molecule has 0 radical (unpaired) electrons. The highest BCUT2D eigenvalue weighted by atomic mass is 32.2. The van der Waals surface area contributed by atoms with Crippen molar-refractivity contribution in [2.45, 2.75) is 31.8 Å². The van der Waals surface area contributed by atoms with Crippen molar-refractivity contribution >= 4 is 33.2 Å². The Hall–Kier alpha value is -3.31. The first-order valence-corrected chi connectivity index (χ1v) is 13.3. The van der Waals surface area contributed by atoms with E-state index in [1.54, 1.807) is 42.5 Å². The summed E-state index contributed by atoms with van der Waals surface area (Å²) in [5.41, 5.74) is 1.19. The van der Waals surface area contributed by atoms with E-state index in [0.717, 1.165) is 19.1 Å². The molecule has 2 aliphatic rings. The number of anilines is 2. The number of para-hydroxylation sites is 1. The van der Waals surface area contributed by atoms with Crippen LogP contribution in [0.5, 0.6) is 11.5 Å². The first kappa shape index (κ1) is 24.8. The van der Waals surface area contributed by atoms with E-state index < -0.39 is 10.0 Å². The van der Waals surface area contributed by atoms with Gasteiger partial charge in [-0.25, -0.2) is 8.42 Å². The van der Waals surface area contributed by atoms with Crippen LogP contribution >= 0.6 is 0 Å². The van der Waals surface area contributed by atoms with Crippen LogP contribution in [0.15, 0.2) is 42.5 Å². The Kier molecular flexibility index (Phi) is 7.76. The molecule has 2 aromatic rings. The number of nitrogens with one attached hydrogen (secondary N) is 2. The van der Waals surface area contributed by atoms with E-state index in [1.807, 2.05) is 0 Å². The Balaban J connectivity index is 1.33. The fourth-order valence-corrected chi connectivity index (χ4v) is 4.98. The Labute approximate surface area is 204 Å². The zero-order valence-electron chi connectivity index (χ0n) is 19.5. The molecule has 0 unspecified atom stereocenters. The van der Waals surface area contributed by atoms with Crippen molar-refractivity contribution in [2.24, 2.45) is 0 Å². The number of amides is 2. The lowest BCUT2D eigenvalue weighted by Gasteiger charge is -2.22. The molecule has 1 fully saturated rings. The van der Waals surface area contributed by atoms with E-state index in [2.05, 4.69) is 10.6 Å². The van der Waals surface area contributed by atoms with Gasteiger partial charge in [-0.2, -0.15) is 0 Å². The van der Waals surface area contributed by atoms with Gasteiger partial charge in [0.15, 0.2) is 11.5 Å². The molecule has 0 bridgehead atoms. The quantitative estimate of drug-likeness (QED) is 0.511. The van der Waals surface area contributed by atoms with Crippen LogP contribution in [0.25, 0.3) is 0 Å². The average Bonchev–Trinajstić information content (AvgIpc) is 3.51. The molecule has 1 atom stereocenters. The maximum Gasteiger partial charge on any atom is 0.253 e. The van der Waals surface area contributed by atoms with E-state index >= 15 is 0 Å².